The summed E-state index contributed by atoms with van der Waals surface area (Å²) >= 11 is 0. The van der Waals surface area contributed by atoms with Gasteiger partial charge in [-0.3, -0.25) is 4.40 Å². The van der Waals surface area contributed by atoms with Crippen LogP contribution in [0.5, 0.6) is 0 Å². The van der Waals surface area contributed by atoms with E-state index >= 15 is 0 Å². The number of nitrogens with one attached hydrogen (secondary N) is 1. The summed E-state index contributed by atoms with van der Waals surface area (Å²) in [5.41, 5.74) is -2.62. The number of hydrogen-bond acceptors (Lipinski definition) is 5. The molecule has 0 saturated heterocycles. The van der Waals surface area contributed by atoms with E-state index in [-0.39, 0.29) is 11.6 Å². The molecule has 0 bridgehead atoms. The molecule has 3 aromatic rings. The minimum atomic E-state index is -4.95. The lowest BCUT2D eigenvalue weighted by molar-refractivity contribution is -0.259. The predicted molar refractivity (Wildman–Crippen MR) is 111 cm³/mol. The van der Waals surface area contributed by atoms with Gasteiger partial charge in [0.25, 0.3) is 0 Å². The van der Waals surface area contributed by atoms with Crippen molar-refractivity contribution in [2.45, 2.75) is 63.2 Å². The zero-order valence-corrected chi connectivity index (χ0v) is 17.4. The largest absolute Gasteiger partial charge is 0.421 e. The van der Waals surface area contributed by atoms with Gasteiger partial charge in [0.2, 0.25) is 0 Å². The van der Waals surface area contributed by atoms with E-state index in [1.165, 1.54) is 16.7 Å². The fraction of sp³-hybridized carbons (Fsp3) is 0.455. The number of imidazole rings is 1. The van der Waals surface area contributed by atoms with Gasteiger partial charge in [-0.15, -0.1) is 0 Å². The number of pyridine rings is 2. The van der Waals surface area contributed by atoms with E-state index in [1.54, 1.807) is 18.2 Å². The van der Waals surface area contributed by atoms with Crippen molar-refractivity contribution < 1.29 is 27.8 Å². The summed E-state index contributed by atoms with van der Waals surface area (Å²) in [7, 11) is 0. The molecule has 1 saturated carbocycles. The summed E-state index contributed by atoms with van der Waals surface area (Å²) in [6.45, 7) is -0.0476. The van der Waals surface area contributed by atoms with Crippen LogP contribution >= 0.6 is 0 Å². The Morgan fingerprint density at radius 2 is 1.97 bits per heavy atom. The second-order valence-corrected chi connectivity index (χ2v) is 8.27. The summed E-state index contributed by atoms with van der Waals surface area (Å²) in [4.78, 5) is 8.72. The maximum atomic E-state index is 14.2. The highest BCUT2D eigenvalue weighted by molar-refractivity contribution is 5.63. The van der Waals surface area contributed by atoms with Crippen LogP contribution in [0, 0.1) is 0 Å². The minimum Gasteiger partial charge on any atom is -0.392 e. The number of aliphatic hydroxyl groups is 2. The first-order chi connectivity index (χ1) is 15.1. The van der Waals surface area contributed by atoms with Crippen LogP contribution in [0.4, 0.5) is 23.4 Å². The van der Waals surface area contributed by atoms with Crippen LogP contribution in [0.25, 0.3) is 17.0 Å². The maximum Gasteiger partial charge on any atom is 0.421 e. The fourth-order valence-corrected chi connectivity index (χ4v) is 4.07. The van der Waals surface area contributed by atoms with Gasteiger partial charge in [0.1, 0.15) is 17.6 Å². The molecule has 3 N–H and O–H groups in total. The molecule has 0 amide bonds. The molecule has 1 fully saturated rings. The maximum absolute atomic E-state index is 14.2. The van der Waals surface area contributed by atoms with Crippen molar-refractivity contribution in [1.82, 2.24) is 14.4 Å². The highest BCUT2D eigenvalue weighted by atomic mass is 19.4. The molecule has 0 aromatic carbocycles. The van der Waals surface area contributed by atoms with Crippen LogP contribution in [0.15, 0.2) is 36.7 Å². The number of fused-ring (bicyclic) bond motifs is 1. The smallest absolute Gasteiger partial charge is 0.392 e. The number of anilines is 1. The average Bonchev–Trinajstić information content (AvgIpc) is 3.17. The van der Waals surface area contributed by atoms with Crippen LogP contribution in [0.1, 0.15) is 43.7 Å². The minimum absolute atomic E-state index is 0.0772. The molecule has 32 heavy (non-hydrogen) atoms. The quantitative estimate of drug-likeness (QED) is 0.502. The van der Waals surface area contributed by atoms with Crippen molar-refractivity contribution in [1.29, 1.82) is 0 Å². The number of alkyl halides is 4. The van der Waals surface area contributed by atoms with Crippen molar-refractivity contribution in [2.75, 3.05) is 5.32 Å². The third-order valence-electron chi connectivity index (χ3n) is 6.01. The number of halogens is 4. The Morgan fingerprint density at radius 3 is 2.66 bits per heavy atom. The molecule has 10 heteroatoms. The first kappa shape index (κ1) is 22.5. The van der Waals surface area contributed by atoms with E-state index in [0.29, 0.717) is 42.6 Å². The molecule has 3 heterocycles. The van der Waals surface area contributed by atoms with Crippen LogP contribution < -0.4 is 5.32 Å². The van der Waals surface area contributed by atoms with E-state index in [9.17, 15) is 27.8 Å². The average molecular weight is 452 g/mol. The van der Waals surface area contributed by atoms with E-state index in [2.05, 4.69) is 15.3 Å². The van der Waals surface area contributed by atoms with E-state index in [1.807, 2.05) is 0 Å². The van der Waals surface area contributed by atoms with Gasteiger partial charge in [0.15, 0.2) is 5.60 Å². The second kappa shape index (κ2) is 8.32. The highest BCUT2D eigenvalue weighted by Crippen LogP contribution is 2.40. The molecule has 3 atom stereocenters. The van der Waals surface area contributed by atoms with Crippen LogP contribution in [0.3, 0.4) is 0 Å². The monoisotopic (exact) mass is 452 g/mol. The zero-order chi connectivity index (χ0) is 23.1. The molecule has 0 unspecified atom stereocenters. The van der Waals surface area contributed by atoms with Crippen molar-refractivity contribution in [3.05, 3.63) is 47.8 Å². The molecule has 6 nitrogen and oxygen atoms in total. The SMILES string of the molecule is C[C@](O)(c1cn2c(-c3cccc(N[C@H]4CCCC[C@@H]4F)n3)cnc2cc1CO)C(F)(F)F. The standard InChI is InChI=1S/C22H24F4N4O2/c1-21(32,22(24,25)26)14-11-30-18(10-27-20(30)9-13(14)12-31)17-7-4-8-19(29-17)28-16-6-3-2-5-15(16)23/h4,7-11,15-16,31-32H,2-3,5-6,12H2,1H3,(H,28,29)/t15-,16-,21-/m0/s1. The molecule has 1 aliphatic carbocycles. The summed E-state index contributed by atoms with van der Waals surface area (Å²) in [6, 6.07) is 6.06. The predicted octanol–water partition coefficient (Wildman–Crippen LogP) is 4.35. The van der Waals surface area contributed by atoms with Crippen LogP contribution in [-0.4, -0.2) is 43.0 Å². The third kappa shape index (κ3) is 4.04. The summed E-state index contributed by atoms with van der Waals surface area (Å²) in [5, 5.41) is 22.9. The van der Waals surface area contributed by atoms with Gasteiger partial charge >= 0.3 is 6.18 Å². The molecule has 1 aliphatic rings. The van der Waals surface area contributed by atoms with Crippen LogP contribution in [0.2, 0.25) is 0 Å². The molecule has 172 valence electrons. The molecule has 3 aromatic heterocycles. The number of rotatable bonds is 5. The van der Waals surface area contributed by atoms with Gasteiger partial charge in [0, 0.05) is 11.8 Å². The van der Waals surface area contributed by atoms with Gasteiger partial charge in [-0.1, -0.05) is 18.9 Å². The molecule has 0 spiro atoms. The summed E-state index contributed by atoms with van der Waals surface area (Å²) in [6.07, 6.45) is -0.355. The number of nitrogens with zero attached hydrogens (tertiary/aromatic N) is 3. The number of aromatic nitrogens is 3. The lowest BCUT2D eigenvalue weighted by Gasteiger charge is -2.28. The normalized spacial score (nSPS) is 21.5. The highest BCUT2D eigenvalue weighted by Gasteiger charge is 2.52. The van der Waals surface area contributed by atoms with Gasteiger partial charge in [-0.05, 0) is 43.5 Å². The summed E-state index contributed by atoms with van der Waals surface area (Å²) in [5.74, 6) is 0.460. The van der Waals surface area contributed by atoms with E-state index in [0.717, 1.165) is 19.0 Å². The van der Waals surface area contributed by atoms with Crippen molar-refractivity contribution in [3.8, 4) is 11.4 Å². The Bertz CT molecular complexity index is 1110. The topological polar surface area (TPSA) is 82.7 Å². The molecule has 0 aliphatic heterocycles. The Balaban J connectivity index is 1.75. The Kier molecular flexibility index (Phi) is 5.85. The third-order valence-corrected chi connectivity index (χ3v) is 6.01. The van der Waals surface area contributed by atoms with E-state index in [4.69, 9.17) is 0 Å². The Hall–Kier alpha value is -2.72. The molecule has 0 radical (unpaired) electrons. The van der Waals surface area contributed by atoms with Gasteiger partial charge < -0.3 is 15.5 Å². The van der Waals surface area contributed by atoms with Gasteiger partial charge in [-0.25, -0.2) is 14.4 Å². The van der Waals surface area contributed by atoms with Gasteiger partial charge in [0.05, 0.1) is 30.2 Å². The Labute approximate surface area is 181 Å². The molecular weight excluding hydrogens is 428 g/mol. The first-order valence-electron chi connectivity index (χ1n) is 10.4. The Morgan fingerprint density at radius 1 is 1.22 bits per heavy atom. The van der Waals surface area contributed by atoms with E-state index < -0.39 is 30.1 Å². The van der Waals surface area contributed by atoms with Crippen LogP contribution in [-0.2, 0) is 12.2 Å². The zero-order valence-electron chi connectivity index (χ0n) is 17.4. The number of hydrogen-bond donors (Lipinski definition) is 3. The number of aliphatic hydroxyl groups excluding tert-OH is 1. The van der Waals surface area contributed by atoms with Crippen molar-refractivity contribution >= 4 is 11.5 Å². The van der Waals surface area contributed by atoms with Crippen molar-refractivity contribution in [2.24, 2.45) is 0 Å². The fourth-order valence-electron chi connectivity index (χ4n) is 4.07. The molecule has 4 rings (SSSR count). The molecular formula is C22H24F4N4O2. The van der Waals surface area contributed by atoms with Gasteiger partial charge in [-0.2, -0.15) is 13.2 Å². The summed E-state index contributed by atoms with van der Waals surface area (Å²) < 4.78 is 56.0. The lowest BCUT2D eigenvalue weighted by atomic mass is 9.92. The second-order valence-electron chi connectivity index (χ2n) is 8.27. The first-order valence-corrected chi connectivity index (χ1v) is 10.4. The van der Waals surface area contributed by atoms with Crippen molar-refractivity contribution in [3.63, 3.8) is 0 Å². The lowest BCUT2D eigenvalue weighted by Crippen LogP contribution is -2.40.